The van der Waals surface area contributed by atoms with Crippen LogP contribution in [0, 0.1) is 29.1 Å². The molecule has 0 saturated heterocycles. The van der Waals surface area contributed by atoms with E-state index in [0.29, 0.717) is 11.2 Å². The van der Waals surface area contributed by atoms with Crippen molar-refractivity contribution >= 4 is 0 Å². The topological polar surface area (TPSA) is 20.2 Å². The van der Waals surface area contributed by atoms with E-state index in [1.54, 1.807) is 0 Å². The molecule has 0 heterocycles. The maximum absolute atomic E-state index is 10.5. The summed E-state index contributed by atoms with van der Waals surface area (Å²) in [5, 5.41) is 10.5. The number of rotatable bonds is 4. The van der Waals surface area contributed by atoms with Gasteiger partial charge in [0.2, 0.25) is 0 Å². The lowest BCUT2D eigenvalue weighted by molar-refractivity contribution is -0.00558. The number of aromatic hydroxyl groups is 1. The van der Waals surface area contributed by atoms with Gasteiger partial charge in [0.1, 0.15) is 5.75 Å². The highest BCUT2D eigenvalue weighted by atomic mass is 16.3. The Labute approximate surface area is 188 Å². The molecule has 5 atom stereocenters. The molecule has 0 bridgehead atoms. The van der Waals surface area contributed by atoms with Gasteiger partial charge < -0.3 is 5.11 Å². The smallest absolute Gasteiger partial charge is 0.116 e. The van der Waals surface area contributed by atoms with E-state index in [0.717, 1.165) is 36.5 Å². The van der Waals surface area contributed by atoms with Crippen LogP contribution in [0.2, 0.25) is 0 Å². The summed E-state index contributed by atoms with van der Waals surface area (Å²) in [6, 6.07) is 16.9. The lowest BCUT2D eigenvalue weighted by atomic mass is 9.51. The summed E-state index contributed by atoms with van der Waals surface area (Å²) in [4.78, 5) is 0. The third-order valence-electron chi connectivity index (χ3n) is 8.63. The summed E-state index contributed by atoms with van der Waals surface area (Å²) in [6.45, 7) is 2.45. The van der Waals surface area contributed by atoms with Crippen molar-refractivity contribution in [2.24, 2.45) is 29.1 Å². The molecule has 1 nitrogen and oxygen atoms in total. The van der Waals surface area contributed by atoms with E-state index < -0.39 is 0 Å². The number of allylic oxidation sites excluding steroid dienone is 2. The summed E-state index contributed by atoms with van der Waals surface area (Å²) in [7, 11) is 0. The van der Waals surface area contributed by atoms with Gasteiger partial charge in [0.15, 0.2) is 0 Å². The van der Waals surface area contributed by atoms with Crippen molar-refractivity contribution in [3.05, 3.63) is 77.4 Å². The first-order valence-electron chi connectivity index (χ1n) is 12.6. The Bertz CT molecular complexity index is 913. The van der Waals surface area contributed by atoms with Crippen LogP contribution in [0.5, 0.6) is 5.75 Å². The van der Waals surface area contributed by atoms with Crippen molar-refractivity contribution in [1.29, 1.82) is 0 Å². The molecule has 0 amide bonds. The van der Waals surface area contributed by atoms with Crippen molar-refractivity contribution < 1.29 is 5.11 Å². The van der Waals surface area contributed by atoms with Crippen LogP contribution in [0.25, 0.3) is 0 Å². The average Bonchev–Trinajstić information content (AvgIpc) is 2.75. The van der Waals surface area contributed by atoms with E-state index in [4.69, 9.17) is 0 Å². The third-order valence-corrected chi connectivity index (χ3v) is 8.63. The number of hydrogen-bond acceptors (Lipinski definition) is 1. The van der Waals surface area contributed by atoms with Crippen LogP contribution in [0.3, 0.4) is 0 Å². The highest BCUT2D eigenvalue weighted by Crippen LogP contribution is 2.57. The van der Waals surface area contributed by atoms with Gasteiger partial charge in [0.05, 0.1) is 0 Å². The molecular formula is C30H38O. The lowest BCUT2D eigenvalue weighted by Gasteiger charge is -2.54. The molecule has 3 aliphatic rings. The zero-order chi connectivity index (χ0) is 21.3. The molecule has 2 fully saturated rings. The minimum absolute atomic E-state index is 0.431. The van der Waals surface area contributed by atoms with Gasteiger partial charge in [-0.3, -0.25) is 0 Å². The molecule has 3 aliphatic carbocycles. The van der Waals surface area contributed by atoms with Gasteiger partial charge in [-0.05, 0) is 109 Å². The molecule has 5 rings (SSSR count). The van der Waals surface area contributed by atoms with Crippen LogP contribution in [0.15, 0.2) is 60.7 Å². The summed E-state index contributed by atoms with van der Waals surface area (Å²) >= 11 is 0. The van der Waals surface area contributed by atoms with Crippen molar-refractivity contribution in [2.75, 3.05) is 0 Å². The first kappa shape index (κ1) is 20.9. The van der Waals surface area contributed by atoms with Gasteiger partial charge in [0.25, 0.3) is 0 Å². The number of hydrogen-bond donors (Lipinski definition) is 1. The van der Waals surface area contributed by atoms with Gasteiger partial charge in [-0.25, -0.2) is 0 Å². The van der Waals surface area contributed by atoms with Gasteiger partial charge >= 0.3 is 0 Å². The normalized spacial score (nSPS) is 32.7. The van der Waals surface area contributed by atoms with E-state index >= 15 is 0 Å². The Hall–Kier alpha value is -2.02. The van der Waals surface area contributed by atoms with Crippen LogP contribution in [-0.2, 0) is 12.8 Å². The fourth-order valence-corrected chi connectivity index (χ4v) is 7.51. The second kappa shape index (κ2) is 8.85. The Morgan fingerprint density at radius 3 is 2.61 bits per heavy atom. The maximum Gasteiger partial charge on any atom is 0.116 e. The van der Waals surface area contributed by atoms with E-state index in [1.807, 2.05) is 12.1 Å². The zero-order valence-corrected chi connectivity index (χ0v) is 19.1. The first-order valence-corrected chi connectivity index (χ1v) is 12.6. The Kier molecular flexibility index (Phi) is 5.95. The SMILES string of the molecule is C[C@H]1CC=C[C@@]2(CCC[C@H]3[C@H](Cc4cc(O)cc(Cc5ccccc5)c4)CCC[C@H]32)C1. The molecular weight excluding hydrogens is 376 g/mol. The molecule has 0 unspecified atom stereocenters. The predicted molar refractivity (Wildman–Crippen MR) is 129 cm³/mol. The minimum Gasteiger partial charge on any atom is -0.508 e. The van der Waals surface area contributed by atoms with E-state index in [1.165, 1.54) is 68.1 Å². The molecule has 1 spiro atoms. The zero-order valence-electron chi connectivity index (χ0n) is 19.1. The van der Waals surface area contributed by atoms with Crippen molar-refractivity contribution in [3.8, 4) is 5.75 Å². The minimum atomic E-state index is 0.431. The average molecular weight is 415 g/mol. The summed E-state index contributed by atoms with van der Waals surface area (Å²) in [6.07, 6.45) is 18.3. The number of fused-ring (bicyclic) bond motifs is 2. The fourth-order valence-electron chi connectivity index (χ4n) is 7.51. The molecule has 2 aromatic rings. The Balaban J connectivity index is 1.35. The molecule has 2 aromatic carbocycles. The van der Waals surface area contributed by atoms with Crippen LogP contribution in [0.1, 0.15) is 75.0 Å². The van der Waals surface area contributed by atoms with E-state index in [-0.39, 0.29) is 0 Å². The highest BCUT2D eigenvalue weighted by Gasteiger charge is 2.48. The third kappa shape index (κ3) is 4.47. The molecule has 164 valence electrons. The summed E-state index contributed by atoms with van der Waals surface area (Å²) in [5.74, 6) is 3.78. The highest BCUT2D eigenvalue weighted by molar-refractivity contribution is 5.37. The summed E-state index contributed by atoms with van der Waals surface area (Å²) in [5.41, 5.74) is 4.36. The maximum atomic E-state index is 10.5. The number of phenolic OH excluding ortho intramolecular Hbond substituents is 1. The van der Waals surface area contributed by atoms with Crippen LogP contribution in [-0.4, -0.2) is 5.11 Å². The van der Waals surface area contributed by atoms with Crippen LogP contribution in [0.4, 0.5) is 0 Å². The molecule has 0 radical (unpaired) electrons. The van der Waals surface area contributed by atoms with Gasteiger partial charge in [-0.1, -0.05) is 68.3 Å². The number of benzene rings is 2. The van der Waals surface area contributed by atoms with Crippen LogP contribution >= 0.6 is 0 Å². The fraction of sp³-hybridized carbons (Fsp3) is 0.533. The predicted octanol–water partition coefficient (Wildman–Crippen LogP) is 7.71. The molecule has 2 saturated carbocycles. The second-order valence-corrected chi connectivity index (χ2v) is 10.9. The van der Waals surface area contributed by atoms with E-state index in [2.05, 4.69) is 55.5 Å². The Morgan fingerprint density at radius 1 is 0.935 bits per heavy atom. The van der Waals surface area contributed by atoms with Crippen molar-refractivity contribution in [2.45, 2.75) is 71.1 Å². The van der Waals surface area contributed by atoms with Crippen molar-refractivity contribution in [1.82, 2.24) is 0 Å². The standard InChI is InChI=1S/C30H38O/c1-22-8-6-14-30(21-22)15-7-12-28-26(11-5-13-29(28)30)18-25-17-24(19-27(31)20-25)16-23-9-3-2-4-10-23/h2-4,6,9-10,14,17,19-20,22,26,28-29,31H,5,7-8,11-13,15-16,18,21H2,1H3/t22-,26-,28-,29+,30+/m0/s1. The molecule has 1 N–H and O–H groups in total. The van der Waals surface area contributed by atoms with E-state index in [9.17, 15) is 5.11 Å². The molecule has 31 heavy (non-hydrogen) atoms. The molecule has 0 aromatic heterocycles. The van der Waals surface area contributed by atoms with Crippen molar-refractivity contribution in [3.63, 3.8) is 0 Å². The lowest BCUT2D eigenvalue weighted by Crippen LogP contribution is -2.45. The second-order valence-electron chi connectivity index (χ2n) is 10.9. The van der Waals surface area contributed by atoms with Gasteiger partial charge in [-0.2, -0.15) is 0 Å². The quantitative estimate of drug-likeness (QED) is 0.508. The number of phenols is 1. The monoisotopic (exact) mass is 414 g/mol. The van der Waals surface area contributed by atoms with Gasteiger partial charge in [0, 0.05) is 0 Å². The van der Waals surface area contributed by atoms with Gasteiger partial charge in [-0.15, -0.1) is 0 Å². The largest absolute Gasteiger partial charge is 0.508 e. The van der Waals surface area contributed by atoms with Crippen LogP contribution < -0.4 is 0 Å². The Morgan fingerprint density at radius 2 is 1.77 bits per heavy atom. The molecule has 0 aliphatic heterocycles. The summed E-state index contributed by atoms with van der Waals surface area (Å²) < 4.78 is 0. The molecule has 1 heteroatoms. The first-order chi connectivity index (χ1) is 15.1.